The Hall–Kier alpha value is -0.610. The summed E-state index contributed by atoms with van der Waals surface area (Å²) in [5.74, 6) is 1.69. The molecular formula is C14H19F2NS. The van der Waals surface area contributed by atoms with Crippen molar-refractivity contribution in [2.45, 2.75) is 25.8 Å². The second-order valence-electron chi connectivity index (χ2n) is 4.84. The van der Waals surface area contributed by atoms with E-state index in [9.17, 15) is 8.78 Å². The van der Waals surface area contributed by atoms with Gasteiger partial charge in [-0.1, -0.05) is 6.92 Å². The third-order valence-corrected chi connectivity index (χ3v) is 4.53. The van der Waals surface area contributed by atoms with E-state index in [1.165, 1.54) is 12.1 Å². The van der Waals surface area contributed by atoms with Crippen LogP contribution in [0.25, 0.3) is 0 Å². The molecule has 100 valence electrons. The van der Waals surface area contributed by atoms with Crippen LogP contribution in [0.1, 0.15) is 18.9 Å². The van der Waals surface area contributed by atoms with Gasteiger partial charge in [-0.3, -0.25) is 0 Å². The predicted octanol–water partition coefficient (Wildman–Crippen LogP) is 3.24. The number of thioether (sulfide) groups is 1. The molecule has 0 amide bonds. The van der Waals surface area contributed by atoms with Crippen molar-refractivity contribution in [1.29, 1.82) is 0 Å². The van der Waals surface area contributed by atoms with Crippen LogP contribution in [0.4, 0.5) is 8.78 Å². The van der Waals surface area contributed by atoms with Gasteiger partial charge in [0.05, 0.1) is 0 Å². The summed E-state index contributed by atoms with van der Waals surface area (Å²) in [6.07, 6.45) is 1.87. The zero-order valence-electron chi connectivity index (χ0n) is 10.6. The number of hydrogen-bond acceptors (Lipinski definition) is 2. The van der Waals surface area contributed by atoms with E-state index in [2.05, 4.69) is 12.2 Å². The van der Waals surface area contributed by atoms with E-state index in [0.717, 1.165) is 42.5 Å². The molecule has 0 radical (unpaired) electrons. The lowest BCUT2D eigenvalue weighted by molar-refractivity contribution is 0.424. The van der Waals surface area contributed by atoms with Crippen LogP contribution in [0, 0.1) is 17.6 Å². The van der Waals surface area contributed by atoms with E-state index in [0.29, 0.717) is 12.0 Å². The molecule has 1 aromatic carbocycles. The van der Waals surface area contributed by atoms with Gasteiger partial charge in [-0.25, -0.2) is 8.78 Å². The molecule has 1 fully saturated rings. The highest BCUT2D eigenvalue weighted by molar-refractivity contribution is 7.99. The maximum atomic E-state index is 13.1. The van der Waals surface area contributed by atoms with Crippen LogP contribution in [0.15, 0.2) is 18.2 Å². The monoisotopic (exact) mass is 271 g/mol. The van der Waals surface area contributed by atoms with E-state index in [1.807, 2.05) is 11.8 Å². The first-order valence-corrected chi connectivity index (χ1v) is 7.60. The van der Waals surface area contributed by atoms with Gasteiger partial charge in [0.2, 0.25) is 0 Å². The Bertz CT molecular complexity index is 377. The molecule has 0 saturated carbocycles. The number of nitrogens with one attached hydrogen (secondary N) is 1. The summed E-state index contributed by atoms with van der Waals surface area (Å²) in [6, 6.07) is 4.30. The lowest BCUT2D eigenvalue weighted by atomic mass is 9.95. The molecular weight excluding hydrogens is 252 g/mol. The zero-order chi connectivity index (χ0) is 13.0. The van der Waals surface area contributed by atoms with Gasteiger partial charge in [0.1, 0.15) is 11.6 Å². The van der Waals surface area contributed by atoms with Crippen LogP contribution in [0.5, 0.6) is 0 Å². The first-order chi connectivity index (χ1) is 8.69. The summed E-state index contributed by atoms with van der Waals surface area (Å²) in [7, 11) is 0. The molecule has 1 saturated heterocycles. The molecule has 2 atom stereocenters. The van der Waals surface area contributed by atoms with Crippen molar-refractivity contribution in [1.82, 2.24) is 5.32 Å². The SMILES string of the molecule is CCCNC1CSCC1Cc1cc(F)cc(F)c1. The van der Waals surface area contributed by atoms with Crippen molar-refractivity contribution in [2.75, 3.05) is 18.1 Å². The van der Waals surface area contributed by atoms with Crippen LogP contribution >= 0.6 is 11.8 Å². The first-order valence-electron chi connectivity index (χ1n) is 6.45. The van der Waals surface area contributed by atoms with Crippen LogP contribution in [-0.2, 0) is 6.42 Å². The van der Waals surface area contributed by atoms with Gasteiger partial charge in [-0.15, -0.1) is 0 Å². The average Bonchev–Trinajstić information content (AvgIpc) is 2.72. The normalized spacial score (nSPS) is 23.5. The molecule has 1 N–H and O–H groups in total. The fourth-order valence-corrected chi connectivity index (χ4v) is 3.82. The van der Waals surface area contributed by atoms with Crippen molar-refractivity contribution in [3.63, 3.8) is 0 Å². The maximum Gasteiger partial charge on any atom is 0.126 e. The molecule has 1 aliphatic rings. The molecule has 18 heavy (non-hydrogen) atoms. The standard InChI is InChI=1S/C14H19F2NS/c1-2-3-17-14-9-18-8-11(14)4-10-5-12(15)7-13(16)6-10/h5-7,11,14,17H,2-4,8-9H2,1H3. The van der Waals surface area contributed by atoms with Gasteiger partial charge in [-0.05, 0) is 48.8 Å². The minimum Gasteiger partial charge on any atom is -0.313 e. The summed E-state index contributed by atoms with van der Waals surface area (Å²) >= 11 is 1.92. The molecule has 4 heteroatoms. The van der Waals surface area contributed by atoms with Crippen LogP contribution < -0.4 is 5.32 Å². The molecule has 1 aromatic rings. The molecule has 2 unspecified atom stereocenters. The van der Waals surface area contributed by atoms with E-state index in [4.69, 9.17) is 0 Å². The molecule has 1 nitrogen and oxygen atoms in total. The second-order valence-corrected chi connectivity index (χ2v) is 5.91. The minimum absolute atomic E-state index is 0.473. The summed E-state index contributed by atoms with van der Waals surface area (Å²) < 4.78 is 26.3. The average molecular weight is 271 g/mol. The van der Waals surface area contributed by atoms with Gasteiger partial charge in [0, 0.05) is 17.9 Å². The Labute approximate surface area is 111 Å². The predicted molar refractivity (Wildman–Crippen MR) is 73.0 cm³/mol. The lowest BCUT2D eigenvalue weighted by Gasteiger charge is -2.20. The van der Waals surface area contributed by atoms with E-state index in [1.54, 1.807) is 0 Å². The zero-order valence-corrected chi connectivity index (χ0v) is 11.4. The van der Waals surface area contributed by atoms with Crippen molar-refractivity contribution >= 4 is 11.8 Å². The van der Waals surface area contributed by atoms with Gasteiger partial charge >= 0.3 is 0 Å². The Morgan fingerprint density at radius 2 is 1.94 bits per heavy atom. The third kappa shape index (κ3) is 3.69. The largest absolute Gasteiger partial charge is 0.313 e. The summed E-state index contributed by atoms with van der Waals surface area (Å²) in [5, 5.41) is 3.52. The highest BCUT2D eigenvalue weighted by Crippen LogP contribution is 2.27. The molecule has 1 aliphatic heterocycles. The summed E-state index contributed by atoms with van der Waals surface area (Å²) in [5.41, 5.74) is 0.767. The van der Waals surface area contributed by atoms with Crippen LogP contribution in [-0.4, -0.2) is 24.1 Å². The maximum absolute atomic E-state index is 13.1. The lowest BCUT2D eigenvalue weighted by Crippen LogP contribution is -2.36. The van der Waals surface area contributed by atoms with Crippen molar-refractivity contribution in [2.24, 2.45) is 5.92 Å². The van der Waals surface area contributed by atoms with Gasteiger partial charge in [0.15, 0.2) is 0 Å². The van der Waals surface area contributed by atoms with E-state index >= 15 is 0 Å². The fourth-order valence-electron chi connectivity index (χ4n) is 2.39. The molecule has 0 aromatic heterocycles. The van der Waals surface area contributed by atoms with Crippen LogP contribution in [0.3, 0.4) is 0 Å². The van der Waals surface area contributed by atoms with Gasteiger partial charge < -0.3 is 5.32 Å². The van der Waals surface area contributed by atoms with Crippen molar-refractivity contribution < 1.29 is 8.78 Å². The highest BCUT2D eigenvalue weighted by Gasteiger charge is 2.27. The Morgan fingerprint density at radius 3 is 2.61 bits per heavy atom. The second kappa shape index (κ2) is 6.53. The topological polar surface area (TPSA) is 12.0 Å². The molecule has 0 bridgehead atoms. The first kappa shape index (κ1) is 13.8. The van der Waals surface area contributed by atoms with Gasteiger partial charge in [0.25, 0.3) is 0 Å². The summed E-state index contributed by atoms with van der Waals surface area (Å²) in [6.45, 7) is 3.16. The smallest absolute Gasteiger partial charge is 0.126 e. The molecule has 1 heterocycles. The van der Waals surface area contributed by atoms with Crippen molar-refractivity contribution in [3.8, 4) is 0 Å². The Balaban J connectivity index is 1.98. The third-order valence-electron chi connectivity index (χ3n) is 3.28. The Kier molecular flexibility index (Phi) is 5.01. The number of benzene rings is 1. The quantitative estimate of drug-likeness (QED) is 0.882. The molecule has 0 spiro atoms. The number of hydrogen-bond donors (Lipinski definition) is 1. The van der Waals surface area contributed by atoms with Crippen LogP contribution in [0.2, 0.25) is 0 Å². The Morgan fingerprint density at radius 1 is 1.22 bits per heavy atom. The van der Waals surface area contributed by atoms with Crippen molar-refractivity contribution in [3.05, 3.63) is 35.4 Å². The molecule has 2 rings (SSSR count). The minimum atomic E-state index is -0.478. The van der Waals surface area contributed by atoms with E-state index in [-0.39, 0.29) is 0 Å². The summed E-state index contributed by atoms with van der Waals surface area (Å²) in [4.78, 5) is 0. The van der Waals surface area contributed by atoms with Gasteiger partial charge in [-0.2, -0.15) is 11.8 Å². The highest BCUT2D eigenvalue weighted by atomic mass is 32.2. The number of halogens is 2. The molecule has 0 aliphatic carbocycles. The fraction of sp³-hybridized carbons (Fsp3) is 0.571. The van der Waals surface area contributed by atoms with E-state index < -0.39 is 11.6 Å². The number of rotatable bonds is 5.